The smallest absolute Gasteiger partial charge is 0.256 e. The van der Waals surface area contributed by atoms with Crippen LogP contribution < -0.4 is 11.1 Å². The Morgan fingerprint density at radius 1 is 1.26 bits per heavy atom. The molecule has 0 saturated carbocycles. The van der Waals surface area contributed by atoms with Gasteiger partial charge in [0.2, 0.25) is 0 Å². The van der Waals surface area contributed by atoms with E-state index in [0.29, 0.717) is 11.6 Å². The highest BCUT2D eigenvalue weighted by molar-refractivity contribution is 5.98. The maximum Gasteiger partial charge on any atom is 0.256 e. The van der Waals surface area contributed by atoms with Crippen LogP contribution in [0, 0.1) is 6.92 Å². The quantitative estimate of drug-likeness (QED) is 0.772. The van der Waals surface area contributed by atoms with E-state index in [1.54, 1.807) is 18.4 Å². The molecule has 3 rings (SSSR count). The van der Waals surface area contributed by atoms with Crippen molar-refractivity contribution < 1.29 is 9.21 Å². The number of carbonyl (C=O) groups excluding carboxylic acids is 1. The van der Waals surface area contributed by atoms with Gasteiger partial charge in [-0.3, -0.25) is 4.79 Å². The molecule has 0 bridgehead atoms. The lowest BCUT2D eigenvalue weighted by Crippen LogP contribution is -2.24. The van der Waals surface area contributed by atoms with Gasteiger partial charge in [0.25, 0.3) is 5.91 Å². The second kappa shape index (κ2) is 6.31. The molecule has 6 heteroatoms. The van der Waals surface area contributed by atoms with E-state index in [-0.39, 0.29) is 23.8 Å². The van der Waals surface area contributed by atoms with E-state index in [1.807, 2.05) is 31.2 Å². The maximum atomic E-state index is 12.2. The van der Waals surface area contributed by atoms with Crippen LogP contribution in [0.2, 0.25) is 0 Å². The summed E-state index contributed by atoms with van der Waals surface area (Å²) in [6.07, 6.45) is 3.00. The molecule has 6 nitrogen and oxygen atoms in total. The van der Waals surface area contributed by atoms with E-state index in [1.165, 1.54) is 6.20 Å². The Labute approximate surface area is 133 Å². The van der Waals surface area contributed by atoms with Gasteiger partial charge in [0.05, 0.1) is 18.4 Å². The zero-order chi connectivity index (χ0) is 16.2. The Hall–Kier alpha value is -3.15. The predicted octanol–water partition coefficient (Wildman–Crippen LogP) is 2.56. The highest BCUT2D eigenvalue weighted by Crippen LogP contribution is 2.21. The summed E-state index contributed by atoms with van der Waals surface area (Å²) in [5.74, 6) is 0.975. The van der Waals surface area contributed by atoms with Crippen LogP contribution in [0.3, 0.4) is 0 Å². The van der Waals surface area contributed by atoms with E-state index in [2.05, 4.69) is 15.3 Å². The average molecular weight is 308 g/mol. The fourth-order valence-corrected chi connectivity index (χ4v) is 2.20. The molecule has 2 heterocycles. The molecule has 0 atom stereocenters. The van der Waals surface area contributed by atoms with E-state index < -0.39 is 0 Å². The van der Waals surface area contributed by atoms with E-state index >= 15 is 0 Å². The molecule has 3 N–H and O–H groups in total. The van der Waals surface area contributed by atoms with Crippen molar-refractivity contribution in [2.45, 2.75) is 13.5 Å². The fourth-order valence-electron chi connectivity index (χ4n) is 2.20. The standard InChI is InChI=1S/C17H16N4O2/c1-11-5-2-3-7-13(11)16-19-10-14(15(18)21-16)17(22)20-9-12-6-4-8-23-12/h2-8,10H,9H2,1H3,(H,20,22)(H2,18,19,21). The molecule has 1 amide bonds. The number of hydrogen-bond donors (Lipinski definition) is 2. The fraction of sp³-hybridized carbons (Fsp3) is 0.118. The van der Waals surface area contributed by atoms with Crippen LogP contribution in [-0.4, -0.2) is 15.9 Å². The number of aromatic nitrogens is 2. The van der Waals surface area contributed by atoms with Gasteiger partial charge in [-0.15, -0.1) is 0 Å². The van der Waals surface area contributed by atoms with Crippen molar-refractivity contribution in [1.82, 2.24) is 15.3 Å². The van der Waals surface area contributed by atoms with Gasteiger partial charge in [-0.2, -0.15) is 0 Å². The number of rotatable bonds is 4. The number of nitrogens with two attached hydrogens (primary N) is 1. The average Bonchev–Trinajstić information content (AvgIpc) is 3.06. The van der Waals surface area contributed by atoms with E-state index in [4.69, 9.17) is 10.2 Å². The van der Waals surface area contributed by atoms with E-state index in [0.717, 1.165) is 11.1 Å². The Morgan fingerprint density at radius 2 is 2.09 bits per heavy atom. The number of carbonyl (C=O) groups is 1. The maximum absolute atomic E-state index is 12.2. The molecule has 3 aromatic rings. The van der Waals surface area contributed by atoms with Crippen molar-refractivity contribution in [2.24, 2.45) is 0 Å². The number of amides is 1. The molecular formula is C17H16N4O2. The summed E-state index contributed by atoms with van der Waals surface area (Å²) in [6, 6.07) is 11.3. The second-order valence-corrected chi connectivity index (χ2v) is 5.07. The van der Waals surface area contributed by atoms with Crippen molar-refractivity contribution in [3.8, 4) is 11.4 Å². The van der Waals surface area contributed by atoms with Gasteiger partial charge in [0, 0.05) is 11.8 Å². The van der Waals surface area contributed by atoms with Crippen LogP contribution in [0.1, 0.15) is 21.7 Å². The van der Waals surface area contributed by atoms with Gasteiger partial charge in [-0.1, -0.05) is 24.3 Å². The van der Waals surface area contributed by atoms with Crippen molar-refractivity contribution in [1.29, 1.82) is 0 Å². The van der Waals surface area contributed by atoms with Gasteiger partial charge in [-0.25, -0.2) is 9.97 Å². The van der Waals surface area contributed by atoms with Gasteiger partial charge >= 0.3 is 0 Å². The number of furan rings is 1. The Morgan fingerprint density at radius 3 is 2.78 bits per heavy atom. The first-order valence-corrected chi connectivity index (χ1v) is 7.14. The molecule has 2 aromatic heterocycles. The van der Waals surface area contributed by atoms with Crippen molar-refractivity contribution in [3.63, 3.8) is 0 Å². The number of hydrogen-bond acceptors (Lipinski definition) is 5. The van der Waals surface area contributed by atoms with Crippen LogP contribution >= 0.6 is 0 Å². The minimum atomic E-state index is -0.338. The summed E-state index contributed by atoms with van der Waals surface area (Å²) in [7, 11) is 0. The topological polar surface area (TPSA) is 94.0 Å². The van der Waals surface area contributed by atoms with Gasteiger partial charge in [-0.05, 0) is 24.6 Å². The van der Waals surface area contributed by atoms with Gasteiger partial charge in [0.1, 0.15) is 11.6 Å². The molecule has 0 aliphatic carbocycles. The Balaban J connectivity index is 1.79. The van der Waals surface area contributed by atoms with Crippen molar-refractivity contribution in [2.75, 3.05) is 5.73 Å². The van der Waals surface area contributed by atoms with Crippen LogP contribution in [-0.2, 0) is 6.54 Å². The summed E-state index contributed by atoms with van der Waals surface area (Å²) < 4.78 is 5.16. The Bertz CT molecular complexity index is 828. The molecule has 0 radical (unpaired) electrons. The minimum absolute atomic E-state index is 0.148. The molecule has 0 unspecified atom stereocenters. The van der Waals surface area contributed by atoms with Gasteiger partial charge in [0.15, 0.2) is 5.82 Å². The van der Waals surface area contributed by atoms with Gasteiger partial charge < -0.3 is 15.5 Å². The Kier molecular flexibility index (Phi) is 4.05. The lowest BCUT2D eigenvalue weighted by molar-refractivity contribution is 0.0948. The zero-order valence-electron chi connectivity index (χ0n) is 12.6. The number of aryl methyl sites for hydroxylation is 1. The molecule has 116 valence electrons. The summed E-state index contributed by atoms with van der Waals surface area (Å²) in [6.45, 7) is 2.25. The molecule has 0 saturated heterocycles. The third kappa shape index (κ3) is 3.21. The molecule has 1 aromatic carbocycles. The zero-order valence-corrected chi connectivity index (χ0v) is 12.6. The third-order valence-corrected chi connectivity index (χ3v) is 3.45. The summed E-state index contributed by atoms with van der Waals surface area (Å²) in [4.78, 5) is 20.7. The third-order valence-electron chi connectivity index (χ3n) is 3.45. The largest absolute Gasteiger partial charge is 0.467 e. The van der Waals surface area contributed by atoms with Crippen LogP contribution in [0.25, 0.3) is 11.4 Å². The summed E-state index contributed by atoms with van der Waals surface area (Å²) >= 11 is 0. The summed E-state index contributed by atoms with van der Waals surface area (Å²) in [5.41, 5.74) is 8.10. The predicted molar refractivity (Wildman–Crippen MR) is 86.5 cm³/mol. The van der Waals surface area contributed by atoms with Crippen LogP contribution in [0.5, 0.6) is 0 Å². The monoisotopic (exact) mass is 308 g/mol. The molecule has 23 heavy (non-hydrogen) atoms. The first-order chi connectivity index (χ1) is 11.1. The van der Waals surface area contributed by atoms with Crippen LogP contribution in [0.4, 0.5) is 5.82 Å². The first kappa shape index (κ1) is 14.8. The van der Waals surface area contributed by atoms with Crippen molar-refractivity contribution in [3.05, 3.63) is 65.7 Å². The highest BCUT2D eigenvalue weighted by Gasteiger charge is 2.14. The number of anilines is 1. The minimum Gasteiger partial charge on any atom is -0.467 e. The number of nitrogens with one attached hydrogen (secondary N) is 1. The second-order valence-electron chi connectivity index (χ2n) is 5.07. The molecule has 0 aliphatic heterocycles. The lowest BCUT2D eigenvalue weighted by atomic mass is 10.1. The first-order valence-electron chi connectivity index (χ1n) is 7.14. The van der Waals surface area contributed by atoms with Crippen LogP contribution in [0.15, 0.2) is 53.3 Å². The molecular weight excluding hydrogens is 292 g/mol. The summed E-state index contributed by atoms with van der Waals surface area (Å²) in [5, 5.41) is 2.72. The van der Waals surface area contributed by atoms with Crippen molar-refractivity contribution >= 4 is 11.7 Å². The highest BCUT2D eigenvalue weighted by atomic mass is 16.3. The molecule has 0 fully saturated rings. The SMILES string of the molecule is Cc1ccccc1-c1ncc(C(=O)NCc2ccco2)c(N)n1. The number of benzene rings is 1. The molecule has 0 aliphatic rings. The number of nitrogens with zero attached hydrogens (tertiary/aromatic N) is 2. The van der Waals surface area contributed by atoms with E-state index in [9.17, 15) is 4.79 Å². The lowest BCUT2D eigenvalue weighted by Gasteiger charge is -2.08. The molecule has 0 spiro atoms. The number of nitrogen functional groups attached to an aromatic ring is 1. The normalized spacial score (nSPS) is 10.5.